The Bertz CT molecular complexity index is 107. The molecule has 52 valence electrons. The maximum atomic E-state index is 5.96. The van der Waals surface area contributed by atoms with Crippen LogP contribution < -0.4 is 5.73 Å². The molecule has 0 aromatic carbocycles. The molecule has 2 heteroatoms. The molecule has 2 N–H and O–H groups in total. The van der Waals surface area contributed by atoms with Crippen LogP contribution in [0, 0.1) is 5.92 Å². The van der Waals surface area contributed by atoms with Crippen molar-refractivity contribution >= 4 is 11.8 Å². The Hall–Kier alpha value is 0.310. The zero-order valence-corrected chi connectivity index (χ0v) is 6.36. The third kappa shape index (κ3) is 1.10. The van der Waals surface area contributed by atoms with Crippen LogP contribution in [0.15, 0.2) is 0 Å². The van der Waals surface area contributed by atoms with Crippen LogP contribution in [-0.2, 0) is 0 Å². The van der Waals surface area contributed by atoms with Crippen molar-refractivity contribution in [2.24, 2.45) is 11.7 Å². The van der Waals surface area contributed by atoms with Crippen molar-refractivity contribution in [3.05, 3.63) is 0 Å². The normalized spacial score (nSPS) is 37.7. The van der Waals surface area contributed by atoms with Gasteiger partial charge >= 0.3 is 0 Å². The molecule has 1 heterocycles. The maximum absolute atomic E-state index is 5.96. The fraction of sp³-hybridized carbons (Fsp3) is 1.00. The second kappa shape index (κ2) is 2.17. The zero-order valence-electron chi connectivity index (χ0n) is 5.55. The van der Waals surface area contributed by atoms with Crippen molar-refractivity contribution in [1.82, 2.24) is 0 Å². The van der Waals surface area contributed by atoms with Gasteiger partial charge in [-0.2, -0.15) is 11.8 Å². The van der Waals surface area contributed by atoms with Crippen molar-refractivity contribution in [1.29, 1.82) is 0 Å². The summed E-state index contributed by atoms with van der Waals surface area (Å²) in [6.07, 6.45) is 4.18. The van der Waals surface area contributed by atoms with Crippen LogP contribution in [-0.4, -0.2) is 17.0 Å². The predicted octanol–water partition coefficient (Wildman–Crippen LogP) is 1.23. The lowest BCUT2D eigenvalue weighted by Gasteiger charge is -2.30. The van der Waals surface area contributed by atoms with E-state index in [-0.39, 0.29) is 0 Å². The number of hydrogen-bond donors (Lipinski definition) is 1. The van der Waals surface area contributed by atoms with Crippen molar-refractivity contribution in [2.45, 2.75) is 30.6 Å². The van der Waals surface area contributed by atoms with E-state index in [1.165, 1.54) is 25.0 Å². The van der Waals surface area contributed by atoms with E-state index in [1.54, 1.807) is 0 Å². The summed E-state index contributed by atoms with van der Waals surface area (Å²) in [7, 11) is 0. The first-order chi connectivity index (χ1) is 4.38. The van der Waals surface area contributed by atoms with Gasteiger partial charge in [0.2, 0.25) is 0 Å². The van der Waals surface area contributed by atoms with E-state index >= 15 is 0 Å². The highest BCUT2D eigenvalue weighted by atomic mass is 32.2. The molecule has 0 bridgehead atoms. The van der Waals surface area contributed by atoms with Gasteiger partial charge in [-0.15, -0.1) is 0 Å². The van der Waals surface area contributed by atoms with Gasteiger partial charge in [0.15, 0.2) is 0 Å². The Labute approximate surface area is 60.4 Å². The molecule has 2 fully saturated rings. The fourth-order valence-electron chi connectivity index (χ4n) is 1.34. The number of nitrogens with two attached hydrogens (primary N) is 1. The lowest BCUT2D eigenvalue weighted by molar-refractivity contribution is 0.541. The number of hydrogen-bond acceptors (Lipinski definition) is 2. The van der Waals surface area contributed by atoms with Crippen LogP contribution >= 0.6 is 11.8 Å². The predicted molar refractivity (Wildman–Crippen MR) is 41.6 cm³/mol. The Balaban J connectivity index is 1.81. The Morgan fingerprint density at radius 2 is 2.00 bits per heavy atom. The molecular formula is C7H13NS. The summed E-state index contributed by atoms with van der Waals surface area (Å²) in [5, 5.41) is 0.831. The van der Waals surface area contributed by atoms with Crippen molar-refractivity contribution < 1.29 is 0 Å². The van der Waals surface area contributed by atoms with E-state index < -0.39 is 0 Å². The topological polar surface area (TPSA) is 26.0 Å². The third-order valence-electron chi connectivity index (χ3n) is 2.33. The van der Waals surface area contributed by atoms with Gasteiger partial charge < -0.3 is 5.73 Å². The van der Waals surface area contributed by atoms with Gasteiger partial charge in [-0.3, -0.25) is 0 Å². The van der Waals surface area contributed by atoms with Crippen LogP contribution in [0.4, 0.5) is 0 Å². The second-order valence-electron chi connectivity index (χ2n) is 3.11. The Morgan fingerprint density at radius 1 is 1.33 bits per heavy atom. The minimum Gasteiger partial charge on any atom is -0.326 e. The lowest BCUT2D eigenvalue weighted by atomic mass is 10.1. The zero-order chi connectivity index (χ0) is 6.27. The maximum Gasteiger partial charge on any atom is 0.0209 e. The highest BCUT2D eigenvalue weighted by Gasteiger charge is 2.36. The van der Waals surface area contributed by atoms with E-state index in [2.05, 4.69) is 11.8 Å². The summed E-state index contributed by atoms with van der Waals surface area (Å²) in [5.74, 6) is 2.26. The summed E-state index contributed by atoms with van der Waals surface area (Å²) >= 11 is 2.06. The molecule has 0 radical (unpaired) electrons. The average molecular weight is 143 g/mol. The molecule has 1 saturated heterocycles. The molecule has 1 aliphatic heterocycles. The van der Waals surface area contributed by atoms with E-state index in [9.17, 15) is 0 Å². The first-order valence-corrected chi connectivity index (χ1v) is 4.80. The van der Waals surface area contributed by atoms with Crippen LogP contribution in [0.3, 0.4) is 0 Å². The van der Waals surface area contributed by atoms with E-state index in [4.69, 9.17) is 5.73 Å². The van der Waals surface area contributed by atoms with E-state index in [1.807, 2.05) is 0 Å². The van der Waals surface area contributed by atoms with E-state index in [0.717, 1.165) is 11.2 Å². The Kier molecular flexibility index (Phi) is 1.46. The highest BCUT2D eigenvalue weighted by Crippen LogP contribution is 2.40. The third-order valence-corrected chi connectivity index (χ3v) is 3.78. The SMILES string of the molecule is NC(C1CC1)C1CCS1. The van der Waals surface area contributed by atoms with Gasteiger partial charge in [-0.1, -0.05) is 0 Å². The molecule has 2 rings (SSSR count). The van der Waals surface area contributed by atoms with Crippen molar-refractivity contribution in [3.63, 3.8) is 0 Å². The summed E-state index contributed by atoms with van der Waals surface area (Å²) in [4.78, 5) is 0. The molecule has 2 aliphatic rings. The van der Waals surface area contributed by atoms with Crippen molar-refractivity contribution in [3.8, 4) is 0 Å². The van der Waals surface area contributed by atoms with Gasteiger partial charge in [0.1, 0.15) is 0 Å². The molecule has 0 aromatic rings. The number of rotatable bonds is 2. The lowest BCUT2D eigenvalue weighted by Crippen LogP contribution is -2.39. The number of thioether (sulfide) groups is 1. The molecule has 2 unspecified atom stereocenters. The van der Waals surface area contributed by atoms with Gasteiger partial charge in [-0.05, 0) is 30.9 Å². The molecule has 0 spiro atoms. The summed E-state index contributed by atoms with van der Waals surface area (Å²) in [6.45, 7) is 0. The average Bonchev–Trinajstić information content (AvgIpc) is 2.37. The van der Waals surface area contributed by atoms with Crippen LogP contribution in [0.2, 0.25) is 0 Å². The summed E-state index contributed by atoms with van der Waals surface area (Å²) < 4.78 is 0. The summed E-state index contributed by atoms with van der Waals surface area (Å²) in [6, 6.07) is 0.545. The minimum absolute atomic E-state index is 0.545. The Morgan fingerprint density at radius 3 is 2.33 bits per heavy atom. The van der Waals surface area contributed by atoms with Crippen molar-refractivity contribution in [2.75, 3.05) is 5.75 Å². The van der Waals surface area contributed by atoms with Crippen LogP contribution in [0.1, 0.15) is 19.3 Å². The monoisotopic (exact) mass is 143 g/mol. The molecule has 1 aliphatic carbocycles. The van der Waals surface area contributed by atoms with Gasteiger partial charge in [0.25, 0.3) is 0 Å². The highest BCUT2D eigenvalue weighted by molar-refractivity contribution is 8.01. The first-order valence-electron chi connectivity index (χ1n) is 3.75. The largest absolute Gasteiger partial charge is 0.326 e. The quantitative estimate of drug-likeness (QED) is 0.629. The fourth-order valence-corrected chi connectivity index (χ4v) is 2.29. The first kappa shape index (κ1) is 6.05. The van der Waals surface area contributed by atoms with Crippen LogP contribution in [0.5, 0.6) is 0 Å². The minimum atomic E-state index is 0.545. The molecule has 1 saturated carbocycles. The van der Waals surface area contributed by atoms with Gasteiger partial charge in [0, 0.05) is 11.3 Å². The second-order valence-corrected chi connectivity index (χ2v) is 4.46. The van der Waals surface area contributed by atoms with Crippen LogP contribution in [0.25, 0.3) is 0 Å². The standard InChI is InChI=1S/C7H13NS/c8-7(5-1-2-5)6-3-4-9-6/h5-7H,1-4,8H2. The molecule has 0 amide bonds. The van der Waals surface area contributed by atoms with Gasteiger partial charge in [0.05, 0.1) is 0 Å². The summed E-state index contributed by atoms with van der Waals surface area (Å²) in [5.41, 5.74) is 5.96. The van der Waals surface area contributed by atoms with E-state index in [0.29, 0.717) is 6.04 Å². The molecular weight excluding hydrogens is 130 g/mol. The molecule has 9 heavy (non-hydrogen) atoms. The van der Waals surface area contributed by atoms with Gasteiger partial charge in [-0.25, -0.2) is 0 Å². The molecule has 0 aromatic heterocycles. The molecule has 2 atom stereocenters. The molecule has 1 nitrogen and oxygen atoms in total. The smallest absolute Gasteiger partial charge is 0.0209 e.